The molecule has 0 fully saturated rings. The van der Waals surface area contributed by atoms with E-state index in [4.69, 9.17) is 19.2 Å². The number of benzene rings is 3. The lowest BCUT2D eigenvalue weighted by molar-refractivity contribution is 0.340. The van der Waals surface area contributed by atoms with Crippen LogP contribution in [-0.4, -0.2) is 25.4 Å². The van der Waals surface area contributed by atoms with Crippen molar-refractivity contribution < 1.29 is 18.6 Å². The SMILES string of the molecule is Br.CCOc1ccc(N=c2scc(-c3ccc(F)cc3)n2CCc2ccc(OC)c(OC)c2)cc1. The Morgan fingerprint density at radius 1 is 0.914 bits per heavy atom. The summed E-state index contributed by atoms with van der Waals surface area (Å²) in [6.45, 7) is 3.28. The van der Waals surface area contributed by atoms with Crippen LogP contribution in [0.25, 0.3) is 11.3 Å². The lowest BCUT2D eigenvalue weighted by Gasteiger charge is -2.12. The van der Waals surface area contributed by atoms with Crippen molar-refractivity contribution in [3.8, 4) is 28.5 Å². The second kappa shape index (κ2) is 12.6. The van der Waals surface area contributed by atoms with Crippen LogP contribution in [0.4, 0.5) is 10.1 Å². The third-order valence-electron chi connectivity index (χ3n) is 5.38. The summed E-state index contributed by atoms with van der Waals surface area (Å²) in [5.41, 5.74) is 3.90. The molecule has 0 saturated carbocycles. The number of thiazole rings is 1. The van der Waals surface area contributed by atoms with Gasteiger partial charge in [0.2, 0.25) is 0 Å². The Kier molecular flexibility index (Phi) is 9.51. The third-order valence-corrected chi connectivity index (χ3v) is 6.25. The smallest absolute Gasteiger partial charge is 0.190 e. The van der Waals surface area contributed by atoms with Gasteiger partial charge < -0.3 is 18.8 Å². The van der Waals surface area contributed by atoms with E-state index in [2.05, 4.69) is 9.95 Å². The summed E-state index contributed by atoms with van der Waals surface area (Å²) in [6.07, 6.45) is 0.766. The number of aromatic nitrogens is 1. The first kappa shape index (κ1) is 26.5. The van der Waals surface area contributed by atoms with E-state index in [1.54, 1.807) is 37.7 Å². The van der Waals surface area contributed by atoms with E-state index in [9.17, 15) is 4.39 Å². The molecule has 1 aromatic heterocycles. The fourth-order valence-corrected chi connectivity index (χ4v) is 4.61. The standard InChI is InChI=1S/C27H27FN2O3S.BrH/c1-4-33-23-12-10-22(11-13-23)29-27-30(24(18-34-27)20-6-8-21(28)9-7-20)16-15-19-5-14-25(31-2)26(17-19)32-3;/h5-14,17-18H,4,15-16H2,1-3H3;1H. The van der Waals surface area contributed by atoms with Crippen molar-refractivity contribution in [1.29, 1.82) is 0 Å². The molecule has 184 valence electrons. The number of halogens is 2. The second-order valence-corrected chi connectivity index (χ2v) is 8.38. The number of hydrogen-bond acceptors (Lipinski definition) is 5. The molecule has 0 aliphatic carbocycles. The molecule has 4 aromatic rings. The summed E-state index contributed by atoms with van der Waals surface area (Å²) in [7, 11) is 3.26. The van der Waals surface area contributed by atoms with Crippen LogP contribution >= 0.6 is 28.3 Å². The fraction of sp³-hybridized carbons (Fsp3) is 0.222. The van der Waals surface area contributed by atoms with Crippen LogP contribution < -0.4 is 19.0 Å². The molecule has 0 atom stereocenters. The molecule has 0 amide bonds. The Balaban J connectivity index is 0.00000342. The second-order valence-electron chi connectivity index (χ2n) is 7.54. The minimum absolute atomic E-state index is 0. The van der Waals surface area contributed by atoms with Crippen LogP contribution in [0, 0.1) is 5.82 Å². The molecule has 0 bridgehead atoms. The van der Waals surface area contributed by atoms with E-state index in [-0.39, 0.29) is 22.8 Å². The Hall–Kier alpha value is -3.10. The summed E-state index contributed by atoms with van der Waals surface area (Å²) in [5.74, 6) is 1.97. The quantitative estimate of drug-likeness (QED) is 0.226. The summed E-state index contributed by atoms with van der Waals surface area (Å²) < 4.78 is 32.0. The topological polar surface area (TPSA) is 45.0 Å². The van der Waals surface area contributed by atoms with Gasteiger partial charge >= 0.3 is 0 Å². The van der Waals surface area contributed by atoms with Crippen LogP contribution in [0.15, 0.2) is 77.1 Å². The maximum Gasteiger partial charge on any atom is 0.190 e. The zero-order valence-electron chi connectivity index (χ0n) is 19.9. The molecule has 35 heavy (non-hydrogen) atoms. The maximum atomic E-state index is 13.5. The zero-order valence-corrected chi connectivity index (χ0v) is 22.4. The lowest BCUT2D eigenvalue weighted by Crippen LogP contribution is -2.17. The molecule has 1 heterocycles. The van der Waals surface area contributed by atoms with Gasteiger partial charge in [0.1, 0.15) is 11.6 Å². The number of ether oxygens (including phenoxy) is 3. The van der Waals surface area contributed by atoms with Gasteiger partial charge in [-0.05, 0) is 85.1 Å². The van der Waals surface area contributed by atoms with Gasteiger partial charge in [-0.3, -0.25) is 0 Å². The Morgan fingerprint density at radius 3 is 2.29 bits per heavy atom. The highest BCUT2D eigenvalue weighted by molar-refractivity contribution is 8.93. The van der Waals surface area contributed by atoms with Crippen LogP contribution in [0.3, 0.4) is 0 Å². The third kappa shape index (κ3) is 6.52. The lowest BCUT2D eigenvalue weighted by atomic mass is 10.1. The Bertz CT molecular complexity index is 1300. The average Bonchev–Trinajstić information content (AvgIpc) is 3.26. The van der Waals surface area contributed by atoms with Crippen molar-refractivity contribution in [2.45, 2.75) is 19.9 Å². The van der Waals surface area contributed by atoms with Gasteiger partial charge in [-0.1, -0.05) is 6.07 Å². The van der Waals surface area contributed by atoms with Gasteiger partial charge in [0.25, 0.3) is 0 Å². The molecule has 0 spiro atoms. The summed E-state index contributed by atoms with van der Waals surface area (Å²) >= 11 is 1.56. The fourth-order valence-electron chi connectivity index (χ4n) is 3.66. The van der Waals surface area contributed by atoms with E-state index in [0.717, 1.165) is 39.5 Å². The van der Waals surface area contributed by atoms with Crippen LogP contribution in [0.1, 0.15) is 12.5 Å². The monoisotopic (exact) mass is 558 g/mol. The molecule has 0 radical (unpaired) electrons. The minimum Gasteiger partial charge on any atom is -0.494 e. The molecule has 0 aliphatic heterocycles. The van der Waals surface area contributed by atoms with Crippen molar-refractivity contribution in [3.63, 3.8) is 0 Å². The first-order valence-electron chi connectivity index (χ1n) is 11.0. The van der Waals surface area contributed by atoms with Crippen molar-refractivity contribution in [1.82, 2.24) is 4.57 Å². The summed E-state index contributed by atoms with van der Waals surface area (Å²) in [4.78, 5) is 5.75. The number of rotatable bonds is 9. The van der Waals surface area contributed by atoms with E-state index in [1.165, 1.54) is 12.1 Å². The molecular formula is C27H28BrFN2O3S. The number of nitrogens with zero attached hydrogens (tertiary/aromatic N) is 2. The summed E-state index contributed by atoms with van der Waals surface area (Å²) in [5, 5.41) is 2.06. The normalized spacial score (nSPS) is 11.1. The molecule has 0 aliphatic rings. The van der Waals surface area contributed by atoms with Crippen LogP contribution in [0.5, 0.6) is 17.2 Å². The van der Waals surface area contributed by atoms with Gasteiger partial charge in [0.15, 0.2) is 16.3 Å². The number of aryl methyl sites for hydroxylation is 1. The Morgan fingerprint density at radius 2 is 1.63 bits per heavy atom. The van der Waals surface area contributed by atoms with Crippen molar-refractivity contribution in [2.75, 3.05) is 20.8 Å². The highest BCUT2D eigenvalue weighted by Gasteiger charge is 2.11. The maximum absolute atomic E-state index is 13.5. The van der Waals surface area contributed by atoms with Crippen molar-refractivity contribution in [3.05, 3.63) is 88.3 Å². The first-order chi connectivity index (χ1) is 16.6. The van der Waals surface area contributed by atoms with Crippen molar-refractivity contribution in [2.24, 2.45) is 4.99 Å². The number of hydrogen-bond donors (Lipinski definition) is 0. The predicted octanol–water partition coefficient (Wildman–Crippen LogP) is 6.82. The molecule has 4 rings (SSSR count). The van der Waals surface area contributed by atoms with E-state index >= 15 is 0 Å². The largest absolute Gasteiger partial charge is 0.494 e. The van der Waals surface area contributed by atoms with Gasteiger partial charge in [-0.2, -0.15) is 0 Å². The van der Waals surface area contributed by atoms with Crippen LogP contribution in [0.2, 0.25) is 0 Å². The van der Waals surface area contributed by atoms with Gasteiger partial charge in [0.05, 0.1) is 32.2 Å². The van der Waals surface area contributed by atoms with Gasteiger partial charge in [-0.25, -0.2) is 9.38 Å². The highest BCUT2D eigenvalue weighted by Crippen LogP contribution is 2.28. The van der Waals surface area contributed by atoms with Gasteiger partial charge in [0, 0.05) is 11.9 Å². The van der Waals surface area contributed by atoms with E-state index < -0.39 is 0 Å². The molecule has 0 unspecified atom stereocenters. The van der Waals surface area contributed by atoms with Gasteiger partial charge in [-0.15, -0.1) is 28.3 Å². The average molecular weight is 560 g/mol. The van der Waals surface area contributed by atoms with Crippen LogP contribution in [-0.2, 0) is 13.0 Å². The molecule has 3 aromatic carbocycles. The zero-order chi connectivity index (χ0) is 23.9. The molecule has 5 nitrogen and oxygen atoms in total. The molecule has 8 heteroatoms. The highest BCUT2D eigenvalue weighted by atomic mass is 79.9. The molecule has 0 N–H and O–H groups in total. The molecular weight excluding hydrogens is 531 g/mol. The van der Waals surface area contributed by atoms with Crippen molar-refractivity contribution >= 4 is 34.0 Å². The number of methoxy groups -OCH3 is 2. The molecule has 0 saturated heterocycles. The van der Waals surface area contributed by atoms with E-state index in [1.807, 2.05) is 49.4 Å². The Labute approximate surface area is 219 Å². The van der Waals surface area contributed by atoms with E-state index in [0.29, 0.717) is 24.7 Å². The predicted molar refractivity (Wildman–Crippen MR) is 144 cm³/mol. The minimum atomic E-state index is -0.254. The first-order valence-corrected chi connectivity index (χ1v) is 11.9. The summed E-state index contributed by atoms with van der Waals surface area (Å²) in [6, 6.07) is 20.2.